The van der Waals surface area contributed by atoms with Crippen LogP contribution < -0.4 is 15.4 Å². The Bertz CT molecular complexity index is 794. The molecule has 0 unspecified atom stereocenters. The SMILES string of the molecule is COc1ccc(CN2CCC(CNC(=O)c3n[nH]c4c3CNCC4)CC2)cc1. The zero-order valence-corrected chi connectivity index (χ0v) is 16.5. The van der Waals surface area contributed by atoms with Crippen molar-refractivity contribution in [2.75, 3.05) is 33.3 Å². The van der Waals surface area contributed by atoms with Gasteiger partial charge in [-0.3, -0.25) is 14.8 Å². The number of carbonyl (C=O) groups excluding carboxylic acids is 1. The molecule has 1 saturated heterocycles. The minimum Gasteiger partial charge on any atom is -0.497 e. The molecule has 2 aliphatic heterocycles. The van der Waals surface area contributed by atoms with Gasteiger partial charge in [0.25, 0.3) is 5.91 Å². The first-order chi connectivity index (χ1) is 13.7. The number of carbonyl (C=O) groups is 1. The number of likely N-dealkylation sites (tertiary alicyclic amines) is 1. The van der Waals surface area contributed by atoms with Crippen molar-refractivity contribution < 1.29 is 9.53 Å². The molecule has 1 amide bonds. The van der Waals surface area contributed by atoms with Gasteiger partial charge < -0.3 is 15.4 Å². The number of amides is 1. The molecule has 0 bridgehead atoms. The zero-order chi connectivity index (χ0) is 19.3. The predicted molar refractivity (Wildman–Crippen MR) is 107 cm³/mol. The number of ether oxygens (including phenoxy) is 1. The molecule has 1 aromatic carbocycles. The second-order valence-electron chi connectivity index (χ2n) is 7.73. The molecule has 7 heteroatoms. The maximum Gasteiger partial charge on any atom is 0.272 e. The lowest BCUT2D eigenvalue weighted by atomic mass is 9.96. The van der Waals surface area contributed by atoms with Gasteiger partial charge >= 0.3 is 0 Å². The van der Waals surface area contributed by atoms with Gasteiger partial charge in [0.2, 0.25) is 0 Å². The quantitative estimate of drug-likeness (QED) is 0.707. The zero-order valence-electron chi connectivity index (χ0n) is 16.5. The van der Waals surface area contributed by atoms with E-state index in [1.807, 2.05) is 12.1 Å². The lowest BCUT2D eigenvalue weighted by Gasteiger charge is -2.32. The highest BCUT2D eigenvalue weighted by Crippen LogP contribution is 2.20. The summed E-state index contributed by atoms with van der Waals surface area (Å²) in [4.78, 5) is 15.0. The Hall–Kier alpha value is -2.38. The molecule has 0 atom stereocenters. The average molecular weight is 383 g/mol. The van der Waals surface area contributed by atoms with Crippen molar-refractivity contribution in [1.82, 2.24) is 25.7 Å². The maximum absolute atomic E-state index is 12.5. The van der Waals surface area contributed by atoms with E-state index < -0.39 is 0 Å². The lowest BCUT2D eigenvalue weighted by molar-refractivity contribution is 0.0929. The standard InChI is InChI=1S/C21H29N5O2/c1-28-17-4-2-16(3-5-17)14-26-10-7-15(8-11-26)12-23-21(27)20-18-13-22-9-6-19(18)24-25-20/h2-5,15,22H,6-14H2,1H3,(H,23,27)(H,24,25). The highest BCUT2D eigenvalue weighted by molar-refractivity contribution is 5.94. The fourth-order valence-corrected chi connectivity index (χ4v) is 4.07. The van der Waals surface area contributed by atoms with Gasteiger partial charge in [-0.2, -0.15) is 5.10 Å². The summed E-state index contributed by atoms with van der Waals surface area (Å²) in [5, 5.41) is 13.7. The molecule has 0 saturated carbocycles. The Morgan fingerprint density at radius 2 is 2.07 bits per heavy atom. The fourth-order valence-electron chi connectivity index (χ4n) is 4.07. The highest BCUT2D eigenvalue weighted by atomic mass is 16.5. The molecule has 150 valence electrons. The van der Waals surface area contributed by atoms with Crippen LogP contribution in [0, 0.1) is 5.92 Å². The summed E-state index contributed by atoms with van der Waals surface area (Å²) in [6, 6.07) is 8.29. The molecule has 28 heavy (non-hydrogen) atoms. The third kappa shape index (κ3) is 4.36. The molecule has 0 spiro atoms. The Morgan fingerprint density at radius 1 is 1.29 bits per heavy atom. The van der Waals surface area contributed by atoms with E-state index in [4.69, 9.17) is 4.74 Å². The van der Waals surface area contributed by atoms with E-state index in [1.54, 1.807) is 7.11 Å². The molecule has 1 aromatic heterocycles. The van der Waals surface area contributed by atoms with Crippen LogP contribution in [0.15, 0.2) is 24.3 Å². The Labute approximate surface area is 165 Å². The highest BCUT2D eigenvalue weighted by Gasteiger charge is 2.23. The van der Waals surface area contributed by atoms with Crippen LogP contribution in [-0.2, 0) is 19.5 Å². The molecule has 1 fully saturated rings. The summed E-state index contributed by atoms with van der Waals surface area (Å²) >= 11 is 0. The number of aromatic nitrogens is 2. The summed E-state index contributed by atoms with van der Waals surface area (Å²) in [6.45, 7) is 5.48. The minimum atomic E-state index is -0.0538. The van der Waals surface area contributed by atoms with Crippen molar-refractivity contribution in [1.29, 1.82) is 0 Å². The van der Waals surface area contributed by atoms with E-state index in [9.17, 15) is 4.79 Å². The first-order valence-electron chi connectivity index (χ1n) is 10.1. The molecular formula is C21H29N5O2. The number of H-pyrrole nitrogens is 1. The molecule has 3 heterocycles. The number of hydrogen-bond acceptors (Lipinski definition) is 5. The van der Waals surface area contributed by atoms with Crippen LogP contribution in [0.25, 0.3) is 0 Å². The number of hydrogen-bond donors (Lipinski definition) is 3. The first kappa shape index (κ1) is 19.0. The maximum atomic E-state index is 12.5. The van der Waals surface area contributed by atoms with Crippen molar-refractivity contribution in [3.05, 3.63) is 46.8 Å². The summed E-state index contributed by atoms with van der Waals surface area (Å²) in [5.41, 5.74) is 3.98. The van der Waals surface area contributed by atoms with Crippen LogP contribution in [0.5, 0.6) is 5.75 Å². The van der Waals surface area contributed by atoms with Crippen LogP contribution in [0.4, 0.5) is 0 Å². The molecular weight excluding hydrogens is 354 g/mol. The van der Waals surface area contributed by atoms with Gasteiger partial charge in [-0.25, -0.2) is 0 Å². The molecule has 7 nitrogen and oxygen atoms in total. The van der Waals surface area contributed by atoms with Crippen LogP contribution in [0.1, 0.15) is 40.2 Å². The fraction of sp³-hybridized carbons (Fsp3) is 0.524. The van der Waals surface area contributed by atoms with Crippen molar-refractivity contribution in [2.24, 2.45) is 5.92 Å². The monoisotopic (exact) mass is 383 g/mol. The summed E-state index contributed by atoms with van der Waals surface area (Å²) in [6.07, 6.45) is 3.12. The Morgan fingerprint density at radius 3 is 2.82 bits per heavy atom. The Kier molecular flexibility index (Phi) is 5.92. The van der Waals surface area contributed by atoms with E-state index in [-0.39, 0.29) is 5.91 Å². The van der Waals surface area contributed by atoms with E-state index in [2.05, 4.69) is 37.9 Å². The molecule has 4 rings (SSSR count). The van der Waals surface area contributed by atoms with Gasteiger partial charge in [0, 0.05) is 43.9 Å². The largest absolute Gasteiger partial charge is 0.497 e. The molecule has 3 N–H and O–H groups in total. The smallest absolute Gasteiger partial charge is 0.272 e. The molecule has 2 aliphatic rings. The molecule has 0 aliphatic carbocycles. The van der Waals surface area contributed by atoms with E-state index in [0.29, 0.717) is 11.6 Å². The van der Waals surface area contributed by atoms with Gasteiger partial charge in [0.1, 0.15) is 5.75 Å². The number of benzene rings is 1. The Balaban J connectivity index is 1.22. The number of rotatable bonds is 6. The minimum absolute atomic E-state index is 0.0538. The summed E-state index contributed by atoms with van der Waals surface area (Å²) < 4.78 is 5.22. The summed E-state index contributed by atoms with van der Waals surface area (Å²) in [7, 11) is 1.69. The van der Waals surface area contributed by atoms with Gasteiger partial charge in [0.05, 0.1) is 7.11 Å². The third-order valence-corrected chi connectivity index (χ3v) is 5.85. The van der Waals surface area contributed by atoms with E-state index in [1.165, 1.54) is 5.56 Å². The van der Waals surface area contributed by atoms with Crippen molar-refractivity contribution in [3.8, 4) is 5.75 Å². The number of nitrogens with one attached hydrogen (secondary N) is 3. The van der Waals surface area contributed by atoms with Gasteiger partial charge in [-0.15, -0.1) is 0 Å². The van der Waals surface area contributed by atoms with Gasteiger partial charge in [-0.1, -0.05) is 12.1 Å². The number of aromatic amines is 1. The number of piperidine rings is 1. The summed E-state index contributed by atoms with van der Waals surface area (Å²) in [5.74, 6) is 1.37. The lowest BCUT2D eigenvalue weighted by Crippen LogP contribution is -2.38. The van der Waals surface area contributed by atoms with Gasteiger partial charge in [0.15, 0.2) is 5.69 Å². The normalized spacial score (nSPS) is 17.9. The predicted octanol–water partition coefficient (Wildman–Crippen LogP) is 1.71. The molecule has 0 radical (unpaired) electrons. The second-order valence-corrected chi connectivity index (χ2v) is 7.73. The van der Waals surface area contributed by atoms with Gasteiger partial charge in [-0.05, 0) is 49.5 Å². The van der Waals surface area contributed by atoms with E-state index in [0.717, 1.165) is 75.5 Å². The first-order valence-corrected chi connectivity index (χ1v) is 10.1. The van der Waals surface area contributed by atoms with Crippen LogP contribution in [0.2, 0.25) is 0 Å². The number of nitrogens with zero attached hydrogens (tertiary/aromatic N) is 2. The van der Waals surface area contributed by atoms with Crippen LogP contribution in [-0.4, -0.2) is 54.3 Å². The van der Waals surface area contributed by atoms with Crippen LogP contribution >= 0.6 is 0 Å². The van der Waals surface area contributed by atoms with Crippen molar-refractivity contribution in [3.63, 3.8) is 0 Å². The van der Waals surface area contributed by atoms with Crippen molar-refractivity contribution >= 4 is 5.91 Å². The second kappa shape index (κ2) is 8.75. The third-order valence-electron chi connectivity index (χ3n) is 5.85. The van der Waals surface area contributed by atoms with Crippen molar-refractivity contribution in [2.45, 2.75) is 32.4 Å². The molecule has 2 aromatic rings. The average Bonchev–Trinajstić information content (AvgIpc) is 3.18. The van der Waals surface area contributed by atoms with E-state index >= 15 is 0 Å². The van der Waals surface area contributed by atoms with Crippen LogP contribution in [0.3, 0.4) is 0 Å². The number of methoxy groups -OCH3 is 1. The topological polar surface area (TPSA) is 82.3 Å². The number of fused-ring (bicyclic) bond motifs is 1.